The highest BCUT2D eigenvalue weighted by molar-refractivity contribution is 5.85. The van der Waals surface area contributed by atoms with Gasteiger partial charge < -0.3 is 5.32 Å². The largest absolute Gasteiger partial charge is 0.312 e. The lowest BCUT2D eigenvalue weighted by molar-refractivity contribution is 0.379. The summed E-state index contributed by atoms with van der Waals surface area (Å²) in [5.74, 6) is 0. The zero-order valence-electron chi connectivity index (χ0n) is 11.9. The number of halogens is 1. The minimum absolute atomic E-state index is 0. The molecule has 0 unspecified atom stereocenters. The Morgan fingerprint density at radius 1 is 1.24 bits per heavy atom. The molecule has 0 saturated heterocycles. The highest BCUT2D eigenvalue weighted by Crippen LogP contribution is 2.14. The Morgan fingerprint density at radius 3 is 2.24 bits per heavy atom. The van der Waals surface area contributed by atoms with Crippen molar-refractivity contribution in [2.24, 2.45) is 5.41 Å². The molecule has 0 aromatic carbocycles. The van der Waals surface area contributed by atoms with Crippen LogP contribution in [0.2, 0.25) is 0 Å². The van der Waals surface area contributed by atoms with E-state index in [4.69, 9.17) is 0 Å². The van der Waals surface area contributed by atoms with Gasteiger partial charge in [0.2, 0.25) is 0 Å². The third-order valence-electron chi connectivity index (χ3n) is 2.79. The second kappa shape index (κ2) is 6.41. The average Bonchev–Trinajstić information content (AvgIpc) is 2.42. The zero-order valence-corrected chi connectivity index (χ0v) is 12.7. The van der Waals surface area contributed by atoms with Gasteiger partial charge in [-0.25, -0.2) is 0 Å². The van der Waals surface area contributed by atoms with Crippen molar-refractivity contribution >= 4 is 12.4 Å². The molecule has 0 amide bonds. The quantitative estimate of drug-likeness (QED) is 0.901. The van der Waals surface area contributed by atoms with Crippen LogP contribution in [0.25, 0.3) is 0 Å². The molecule has 1 aromatic heterocycles. The first-order valence-electron chi connectivity index (χ1n) is 6.08. The van der Waals surface area contributed by atoms with Gasteiger partial charge in [0.25, 0.3) is 0 Å². The van der Waals surface area contributed by atoms with Crippen molar-refractivity contribution < 1.29 is 0 Å². The number of hydrogen-bond acceptors (Lipinski definition) is 2. The van der Waals surface area contributed by atoms with Crippen molar-refractivity contribution in [3.8, 4) is 0 Å². The topological polar surface area (TPSA) is 29.9 Å². The molecule has 0 aliphatic rings. The Hall–Kier alpha value is -0.540. The van der Waals surface area contributed by atoms with Gasteiger partial charge in [-0.15, -0.1) is 12.4 Å². The molecule has 0 saturated carbocycles. The predicted molar refractivity (Wildman–Crippen MR) is 75.8 cm³/mol. The van der Waals surface area contributed by atoms with E-state index in [0.29, 0.717) is 5.41 Å². The summed E-state index contributed by atoms with van der Waals surface area (Å²) in [5, 5.41) is 8.03. The first-order chi connectivity index (χ1) is 7.35. The maximum absolute atomic E-state index is 4.52. The number of nitrogens with one attached hydrogen (secondary N) is 1. The van der Waals surface area contributed by atoms with Crippen molar-refractivity contribution in [2.75, 3.05) is 6.54 Å². The average molecular weight is 260 g/mol. The van der Waals surface area contributed by atoms with Crippen molar-refractivity contribution in [2.45, 2.75) is 54.6 Å². The van der Waals surface area contributed by atoms with Crippen LogP contribution in [0, 0.1) is 19.3 Å². The molecule has 1 N–H and O–H groups in total. The van der Waals surface area contributed by atoms with E-state index in [-0.39, 0.29) is 12.4 Å². The molecule has 1 aromatic rings. The molecule has 4 heteroatoms. The maximum Gasteiger partial charge on any atom is 0.0641 e. The summed E-state index contributed by atoms with van der Waals surface area (Å²) in [6.45, 7) is 16.0. The van der Waals surface area contributed by atoms with E-state index in [9.17, 15) is 0 Å². The summed E-state index contributed by atoms with van der Waals surface area (Å²) in [7, 11) is 0. The van der Waals surface area contributed by atoms with E-state index in [1.807, 2.05) is 0 Å². The lowest BCUT2D eigenvalue weighted by Gasteiger charge is -2.18. The molecular formula is C13H26ClN3. The fourth-order valence-corrected chi connectivity index (χ4v) is 1.86. The fraction of sp³-hybridized carbons (Fsp3) is 0.769. The monoisotopic (exact) mass is 259 g/mol. The molecule has 17 heavy (non-hydrogen) atoms. The zero-order chi connectivity index (χ0) is 12.3. The summed E-state index contributed by atoms with van der Waals surface area (Å²) in [6.07, 6.45) is 0. The van der Waals surface area contributed by atoms with Gasteiger partial charge >= 0.3 is 0 Å². The van der Waals surface area contributed by atoms with E-state index in [1.54, 1.807) is 0 Å². The molecule has 0 aliphatic heterocycles. The third kappa shape index (κ3) is 4.68. The van der Waals surface area contributed by atoms with Crippen LogP contribution in [-0.2, 0) is 13.1 Å². The number of nitrogens with zero attached hydrogens (tertiary/aromatic N) is 2. The number of rotatable bonds is 4. The lowest BCUT2D eigenvalue weighted by atomic mass is 9.97. The summed E-state index contributed by atoms with van der Waals surface area (Å²) >= 11 is 0. The molecule has 0 radical (unpaired) electrons. The smallest absolute Gasteiger partial charge is 0.0641 e. The van der Waals surface area contributed by atoms with Crippen molar-refractivity contribution in [1.82, 2.24) is 15.1 Å². The molecule has 0 spiro atoms. The third-order valence-corrected chi connectivity index (χ3v) is 2.79. The molecule has 100 valence electrons. The molecule has 0 fully saturated rings. The van der Waals surface area contributed by atoms with Crippen LogP contribution in [0.4, 0.5) is 0 Å². The minimum Gasteiger partial charge on any atom is -0.312 e. The summed E-state index contributed by atoms with van der Waals surface area (Å²) in [6, 6.07) is 0. The van der Waals surface area contributed by atoms with Gasteiger partial charge in [0.1, 0.15) is 0 Å². The van der Waals surface area contributed by atoms with E-state index in [0.717, 1.165) is 25.3 Å². The molecule has 1 rings (SSSR count). The molecule has 3 nitrogen and oxygen atoms in total. The van der Waals surface area contributed by atoms with Crippen LogP contribution in [0.15, 0.2) is 0 Å². The normalized spacial score (nSPS) is 11.4. The van der Waals surface area contributed by atoms with Gasteiger partial charge in [-0.2, -0.15) is 5.10 Å². The van der Waals surface area contributed by atoms with Crippen molar-refractivity contribution in [3.63, 3.8) is 0 Å². The molecular weight excluding hydrogens is 234 g/mol. The Balaban J connectivity index is 0.00000256. The minimum atomic E-state index is 0. The van der Waals surface area contributed by atoms with Crippen LogP contribution < -0.4 is 5.32 Å². The second-order valence-electron chi connectivity index (χ2n) is 5.63. The van der Waals surface area contributed by atoms with E-state index in [1.165, 1.54) is 11.3 Å². The Bertz CT molecular complexity index is 350. The highest BCUT2D eigenvalue weighted by Gasteiger charge is 2.12. The summed E-state index contributed by atoms with van der Waals surface area (Å²) < 4.78 is 2.07. The molecule has 0 bridgehead atoms. The van der Waals surface area contributed by atoms with Gasteiger partial charge in [0.05, 0.1) is 5.69 Å². The van der Waals surface area contributed by atoms with Crippen molar-refractivity contribution in [1.29, 1.82) is 0 Å². The summed E-state index contributed by atoms with van der Waals surface area (Å²) in [5.41, 5.74) is 4.14. The van der Waals surface area contributed by atoms with Gasteiger partial charge in [0.15, 0.2) is 0 Å². The molecule has 0 atom stereocenters. The Kier molecular flexibility index (Phi) is 6.20. The Morgan fingerprint density at radius 2 is 1.82 bits per heavy atom. The van der Waals surface area contributed by atoms with E-state index >= 15 is 0 Å². The van der Waals surface area contributed by atoms with Crippen LogP contribution >= 0.6 is 12.4 Å². The first-order valence-corrected chi connectivity index (χ1v) is 6.08. The van der Waals surface area contributed by atoms with Crippen LogP contribution in [0.5, 0.6) is 0 Å². The van der Waals surface area contributed by atoms with Crippen LogP contribution in [0.3, 0.4) is 0 Å². The van der Waals surface area contributed by atoms with Crippen LogP contribution in [-0.4, -0.2) is 16.3 Å². The van der Waals surface area contributed by atoms with E-state index in [2.05, 4.69) is 56.6 Å². The van der Waals surface area contributed by atoms with Crippen molar-refractivity contribution in [3.05, 3.63) is 17.0 Å². The van der Waals surface area contributed by atoms with E-state index < -0.39 is 0 Å². The first kappa shape index (κ1) is 16.5. The van der Waals surface area contributed by atoms with Gasteiger partial charge in [-0.1, -0.05) is 20.8 Å². The molecule has 0 aliphatic carbocycles. The standard InChI is InChI=1S/C13H25N3.ClH/c1-7-16-11(3)12(10(2)15-16)8-14-9-13(4,5)6;/h14H,7-9H2,1-6H3;1H. The van der Waals surface area contributed by atoms with Crippen LogP contribution in [0.1, 0.15) is 44.6 Å². The number of hydrogen-bond donors (Lipinski definition) is 1. The highest BCUT2D eigenvalue weighted by atomic mass is 35.5. The lowest BCUT2D eigenvalue weighted by Crippen LogP contribution is -2.26. The fourth-order valence-electron chi connectivity index (χ4n) is 1.86. The number of aromatic nitrogens is 2. The van der Waals surface area contributed by atoms with Gasteiger partial charge in [-0.3, -0.25) is 4.68 Å². The maximum atomic E-state index is 4.52. The SMILES string of the molecule is CCn1nc(C)c(CNCC(C)(C)C)c1C.Cl. The summed E-state index contributed by atoms with van der Waals surface area (Å²) in [4.78, 5) is 0. The van der Waals surface area contributed by atoms with Gasteiger partial charge in [-0.05, 0) is 26.2 Å². The predicted octanol–water partition coefficient (Wildman–Crippen LogP) is 3.08. The number of aryl methyl sites for hydroxylation is 2. The Labute approximate surface area is 111 Å². The van der Waals surface area contributed by atoms with Gasteiger partial charge in [0, 0.05) is 30.9 Å². The second-order valence-corrected chi connectivity index (χ2v) is 5.63. The molecule has 1 heterocycles.